The Bertz CT molecular complexity index is 423. The van der Waals surface area contributed by atoms with Gasteiger partial charge in [-0.3, -0.25) is 4.79 Å². The van der Waals surface area contributed by atoms with Crippen LogP contribution in [0.15, 0.2) is 24.3 Å². The molecule has 4 nitrogen and oxygen atoms in total. The molecule has 0 bridgehead atoms. The second-order valence-electron chi connectivity index (χ2n) is 4.41. The van der Waals surface area contributed by atoms with Gasteiger partial charge < -0.3 is 14.6 Å². The maximum absolute atomic E-state index is 11.2. The number of ether oxygens (including phenoxy) is 2. The number of carbonyl (C=O) groups is 1. The Morgan fingerprint density at radius 3 is 2.59 bits per heavy atom. The van der Waals surface area contributed by atoms with Gasteiger partial charge in [-0.25, -0.2) is 0 Å². The fourth-order valence-corrected chi connectivity index (χ4v) is 2.25. The number of methoxy groups -OCH3 is 1. The van der Waals surface area contributed by atoms with Crippen LogP contribution in [0.25, 0.3) is 0 Å². The molecule has 1 aliphatic heterocycles. The molecule has 0 spiro atoms. The summed E-state index contributed by atoms with van der Waals surface area (Å²) in [6.07, 6.45) is 0. The third-order valence-electron chi connectivity index (χ3n) is 3.56. The summed E-state index contributed by atoms with van der Waals surface area (Å²) < 4.78 is 10.6. The van der Waals surface area contributed by atoms with Gasteiger partial charge in [-0.15, -0.1) is 0 Å². The monoisotopic (exact) mass is 236 g/mol. The zero-order valence-corrected chi connectivity index (χ0v) is 9.97. The number of hydrogen-bond donors (Lipinski definition) is 1. The van der Waals surface area contributed by atoms with Crippen molar-refractivity contribution in [1.82, 2.24) is 0 Å². The lowest BCUT2D eigenvalue weighted by Gasteiger charge is -2.45. The molecule has 92 valence electrons. The first-order valence-corrected chi connectivity index (χ1v) is 5.56. The molecular weight excluding hydrogens is 220 g/mol. The van der Waals surface area contributed by atoms with Crippen molar-refractivity contribution in [2.75, 3.05) is 20.3 Å². The van der Waals surface area contributed by atoms with E-state index in [0.29, 0.717) is 13.2 Å². The summed E-state index contributed by atoms with van der Waals surface area (Å²) >= 11 is 0. The van der Waals surface area contributed by atoms with E-state index in [1.165, 1.54) is 0 Å². The molecule has 0 aliphatic carbocycles. The highest BCUT2D eigenvalue weighted by Crippen LogP contribution is 2.43. The predicted octanol–water partition coefficient (Wildman–Crippen LogP) is 1.68. The fraction of sp³-hybridized carbons (Fsp3) is 0.462. The first-order chi connectivity index (χ1) is 8.12. The Labute approximate surface area is 100 Å². The molecule has 1 atom stereocenters. The Kier molecular flexibility index (Phi) is 3.07. The second-order valence-corrected chi connectivity index (χ2v) is 4.41. The predicted molar refractivity (Wildman–Crippen MR) is 62.3 cm³/mol. The van der Waals surface area contributed by atoms with E-state index in [1.54, 1.807) is 14.0 Å². The molecule has 0 aromatic heterocycles. The molecule has 1 aromatic rings. The molecule has 4 heteroatoms. The Balaban J connectivity index is 2.44. The standard InChI is InChI=1S/C13H16O4/c1-9(12(14)15)13(7-17-8-13)10-5-3-4-6-11(10)16-2/h3-6,9H,7-8H2,1-2H3,(H,14,15). The molecule has 0 radical (unpaired) electrons. The van der Waals surface area contributed by atoms with Gasteiger partial charge in [0.05, 0.1) is 31.7 Å². The highest BCUT2D eigenvalue weighted by Gasteiger charge is 2.49. The Hall–Kier alpha value is -1.55. The van der Waals surface area contributed by atoms with E-state index < -0.39 is 17.3 Å². The van der Waals surface area contributed by atoms with Crippen LogP contribution in [-0.2, 0) is 14.9 Å². The first-order valence-electron chi connectivity index (χ1n) is 5.56. The first kappa shape index (κ1) is 11.9. The van der Waals surface area contributed by atoms with E-state index in [0.717, 1.165) is 11.3 Å². The number of aliphatic carboxylic acids is 1. The minimum Gasteiger partial charge on any atom is -0.496 e. The van der Waals surface area contributed by atoms with Gasteiger partial charge >= 0.3 is 5.97 Å². The molecule has 17 heavy (non-hydrogen) atoms. The quantitative estimate of drug-likeness (QED) is 0.864. The van der Waals surface area contributed by atoms with E-state index in [9.17, 15) is 9.90 Å². The number of para-hydroxylation sites is 1. The number of rotatable bonds is 4. The highest BCUT2D eigenvalue weighted by molar-refractivity contribution is 5.73. The summed E-state index contributed by atoms with van der Waals surface area (Å²) in [5.74, 6) is -0.573. The van der Waals surface area contributed by atoms with Crippen LogP contribution in [0.5, 0.6) is 5.75 Å². The van der Waals surface area contributed by atoms with Gasteiger partial charge in [0, 0.05) is 5.56 Å². The largest absolute Gasteiger partial charge is 0.496 e. The van der Waals surface area contributed by atoms with Crippen LogP contribution in [0, 0.1) is 5.92 Å². The van der Waals surface area contributed by atoms with Crippen LogP contribution < -0.4 is 4.74 Å². The number of benzene rings is 1. The average Bonchev–Trinajstić information content (AvgIpc) is 2.28. The van der Waals surface area contributed by atoms with Crippen molar-refractivity contribution < 1.29 is 19.4 Å². The SMILES string of the molecule is COc1ccccc1C1(C(C)C(=O)O)COC1. The average molecular weight is 236 g/mol. The van der Waals surface area contributed by atoms with Crippen molar-refractivity contribution >= 4 is 5.97 Å². The lowest BCUT2D eigenvalue weighted by Crippen LogP contribution is -2.54. The number of carboxylic acids is 1. The molecule has 1 aliphatic rings. The van der Waals surface area contributed by atoms with E-state index in [-0.39, 0.29) is 0 Å². The van der Waals surface area contributed by atoms with Crippen molar-refractivity contribution in [2.24, 2.45) is 5.92 Å². The molecule has 2 rings (SSSR count). The fourth-order valence-electron chi connectivity index (χ4n) is 2.25. The minimum absolute atomic E-state index is 0.431. The molecule has 0 saturated carbocycles. The van der Waals surface area contributed by atoms with Crippen molar-refractivity contribution in [3.8, 4) is 5.75 Å². The number of carboxylic acid groups (broad SMARTS) is 1. The summed E-state index contributed by atoms with van der Waals surface area (Å²) in [4.78, 5) is 11.2. The summed E-state index contributed by atoms with van der Waals surface area (Å²) in [5, 5.41) is 9.21. The van der Waals surface area contributed by atoms with Gasteiger partial charge in [0.1, 0.15) is 5.75 Å². The molecule has 1 heterocycles. The van der Waals surface area contributed by atoms with Gasteiger partial charge in [-0.2, -0.15) is 0 Å². The lowest BCUT2D eigenvalue weighted by molar-refractivity contribution is -0.155. The van der Waals surface area contributed by atoms with Crippen LogP contribution in [0.2, 0.25) is 0 Å². The van der Waals surface area contributed by atoms with Crippen molar-refractivity contribution in [3.05, 3.63) is 29.8 Å². The smallest absolute Gasteiger partial charge is 0.307 e. The highest BCUT2D eigenvalue weighted by atomic mass is 16.5. The Morgan fingerprint density at radius 1 is 1.47 bits per heavy atom. The van der Waals surface area contributed by atoms with Crippen molar-refractivity contribution in [3.63, 3.8) is 0 Å². The molecule has 1 unspecified atom stereocenters. The maximum Gasteiger partial charge on any atom is 0.307 e. The number of hydrogen-bond acceptors (Lipinski definition) is 3. The van der Waals surface area contributed by atoms with Gasteiger partial charge in [0.2, 0.25) is 0 Å². The van der Waals surface area contributed by atoms with Crippen LogP contribution in [0.4, 0.5) is 0 Å². The zero-order valence-electron chi connectivity index (χ0n) is 9.97. The van der Waals surface area contributed by atoms with E-state index in [4.69, 9.17) is 9.47 Å². The van der Waals surface area contributed by atoms with E-state index in [1.807, 2.05) is 24.3 Å². The Morgan fingerprint density at radius 2 is 2.12 bits per heavy atom. The summed E-state index contributed by atoms with van der Waals surface area (Å²) in [6.45, 7) is 2.58. The molecule has 1 aromatic carbocycles. The molecule has 0 amide bonds. The molecule has 1 saturated heterocycles. The molecule has 1 fully saturated rings. The van der Waals surface area contributed by atoms with Crippen molar-refractivity contribution in [1.29, 1.82) is 0 Å². The third-order valence-corrected chi connectivity index (χ3v) is 3.56. The van der Waals surface area contributed by atoms with Gasteiger partial charge in [0.15, 0.2) is 0 Å². The summed E-state index contributed by atoms with van der Waals surface area (Å²) in [5.41, 5.74) is 0.460. The maximum atomic E-state index is 11.2. The van der Waals surface area contributed by atoms with Crippen LogP contribution in [0.1, 0.15) is 12.5 Å². The molecular formula is C13H16O4. The van der Waals surface area contributed by atoms with Crippen LogP contribution >= 0.6 is 0 Å². The third kappa shape index (κ3) is 1.78. The summed E-state index contributed by atoms with van der Waals surface area (Å²) in [6, 6.07) is 7.54. The zero-order chi connectivity index (χ0) is 12.5. The lowest BCUT2D eigenvalue weighted by atomic mass is 9.69. The second kappa shape index (κ2) is 4.37. The summed E-state index contributed by atoms with van der Waals surface area (Å²) in [7, 11) is 1.59. The normalized spacial score (nSPS) is 19.2. The topological polar surface area (TPSA) is 55.8 Å². The van der Waals surface area contributed by atoms with Gasteiger partial charge in [-0.05, 0) is 6.07 Å². The van der Waals surface area contributed by atoms with Crippen LogP contribution in [0.3, 0.4) is 0 Å². The van der Waals surface area contributed by atoms with Gasteiger partial charge in [0.25, 0.3) is 0 Å². The van der Waals surface area contributed by atoms with Gasteiger partial charge in [-0.1, -0.05) is 25.1 Å². The molecule has 1 N–H and O–H groups in total. The van der Waals surface area contributed by atoms with E-state index in [2.05, 4.69) is 0 Å². The van der Waals surface area contributed by atoms with Crippen LogP contribution in [-0.4, -0.2) is 31.4 Å². The minimum atomic E-state index is -0.806. The van der Waals surface area contributed by atoms with E-state index >= 15 is 0 Å². The van der Waals surface area contributed by atoms with Crippen molar-refractivity contribution in [2.45, 2.75) is 12.3 Å².